The van der Waals surface area contributed by atoms with Gasteiger partial charge in [0.2, 0.25) is 0 Å². The third-order valence-corrected chi connectivity index (χ3v) is 4.34. The van der Waals surface area contributed by atoms with Gasteiger partial charge in [-0.1, -0.05) is 0 Å². The fraction of sp³-hybridized carbons (Fsp3) is 0.400. The Bertz CT molecular complexity index is 462. The SMILES string of the molecule is COCOSPOc1cc(C(=O)OC)sc1C(=O)OC. The van der Waals surface area contributed by atoms with Crippen LogP contribution < -0.4 is 4.52 Å². The predicted octanol–water partition coefficient (Wildman–Crippen LogP) is 2.48. The topological polar surface area (TPSA) is 80.3 Å². The number of hydrogen-bond donors (Lipinski definition) is 0. The Morgan fingerprint density at radius 2 is 1.95 bits per heavy atom. The third-order valence-electron chi connectivity index (χ3n) is 1.87. The summed E-state index contributed by atoms with van der Waals surface area (Å²) in [5, 5.41) is 0. The molecule has 1 atom stereocenters. The second-order valence-corrected chi connectivity index (χ2v) is 5.91. The van der Waals surface area contributed by atoms with E-state index in [1.807, 2.05) is 0 Å². The maximum atomic E-state index is 11.6. The fourth-order valence-electron chi connectivity index (χ4n) is 1.04. The molecule has 1 rings (SSSR count). The minimum Gasteiger partial charge on any atom is -0.465 e. The van der Waals surface area contributed by atoms with Crippen molar-refractivity contribution in [3.05, 3.63) is 15.8 Å². The zero-order chi connectivity index (χ0) is 15.0. The van der Waals surface area contributed by atoms with E-state index < -0.39 is 11.9 Å². The monoisotopic (exact) mass is 340 g/mol. The molecule has 0 aliphatic heterocycles. The quantitative estimate of drug-likeness (QED) is 0.235. The number of methoxy groups -OCH3 is 3. The molecule has 0 spiro atoms. The fourth-order valence-corrected chi connectivity index (χ4v) is 3.18. The molecule has 0 aliphatic carbocycles. The average Bonchev–Trinajstić information content (AvgIpc) is 2.89. The summed E-state index contributed by atoms with van der Waals surface area (Å²) in [6.07, 6.45) is 0. The summed E-state index contributed by atoms with van der Waals surface area (Å²) in [4.78, 5) is 23.5. The van der Waals surface area contributed by atoms with Crippen molar-refractivity contribution in [3.63, 3.8) is 0 Å². The average molecular weight is 340 g/mol. The number of carbonyl (C=O) groups excluding carboxylic acids is 2. The molecule has 112 valence electrons. The summed E-state index contributed by atoms with van der Waals surface area (Å²) in [6.45, 7) is 0.127. The second-order valence-electron chi connectivity index (χ2n) is 3.08. The van der Waals surface area contributed by atoms with Crippen molar-refractivity contribution in [1.29, 1.82) is 0 Å². The van der Waals surface area contributed by atoms with Crippen LogP contribution in [0, 0.1) is 0 Å². The Balaban J connectivity index is 2.73. The molecule has 20 heavy (non-hydrogen) atoms. The first-order valence-electron chi connectivity index (χ1n) is 5.13. The van der Waals surface area contributed by atoms with E-state index in [0.29, 0.717) is 0 Å². The molecular formula is C10H13O7PS2. The van der Waals surface area contributed by atoms with Crippen molar-refractivity contribution in [2.24, 2.45) is 0 Å². The molecule has 0 saturated heterocycles. The number of esters is 2. The Kier molecular flexibility index (Phi) is 7.86. The van der Waals surface area contributed by atoms with Gasteiger partial charge in [-0.3, -0.25) is 4.18 Å². The summed E-state index contributed by atoms with van der Waals surface area (Å²) in [5.74, 6) is -0.858. The molecule has 0 N–H and O–H groups in total. The highest BCUT2D eigenvalue weighted by molar-refractivity contribution is 8.45. The smallest absolute Gasteiger partial charge is 0.351 e. The van der Waals surface area contributed by atoms with Crippen LogP contribution in [0.4, 0.5) is 0 Å². The minimum atomic E-state index is -0.576. The molecule has 1 aromatic heterocycles. The zero-order valence-electron chi connectivity index (χ0n) is 11.0. The summed E-state index contributed by atoms with van der Waals surface area (Å²) >= 11 is 1.99. The van der Waals surface area contributed by atoms with Gasteiger partial charge < -0.3 is 18.7 Å². The lowest BCUT2D eigenvalue weighted by Gasteiger charge is -2.04. The van der Waals surface area contributed by atoms with E-state index in [2.05, 4.69) is 9.47 Å². The lowest BCUT2D eigenvalue weighted by atomic mass is 10.4. The van der Waals surface area contributed by atoms with Gasteiger partial charge in [-0.2, -0.15) is 0 Å². The number of ether oxygens (including phenoxy) is 3. The van der Waals surface area contributed by atoms with E-state index in [1.54, 1.807) is 0 Å². The maximum Gasteiger partial charge on any atom is 0.351 e. The normalized spacial score (nSPS) is 10.8. The largest absolute Gasteiger partial charge is 0.465 e. The number of rotatable bonds is 8. The number of thiophene rings is 1. The van der Waals surface area contributed by atoms with Crippen LogP contribution in [0.5, 0.6) is 5.75 Å². The molecule has 0 fully saturated rings. The van der Waals surface area contributed by atoms with Gasteiger partial charge in [0.1, 0.15) is 4.88 Å². The molecule has 1 heterocycles. The summed E-state index contributed by atoms with van der Waals surface area (Å²) < 4.78 is 24.3. The van der Waals surface area contributed by atoms with Gasteiger partial charge in [0.15, 0.2) is 25.4 Å². The molecule has 0 amide bonds. The van der Waals surface area contributed by atoms with Gasteiger partial charge in [-0.15, -0.1) is 11.3 Å². The molecule has 0 saturated carbocycles. The van der Waals surface area contributed by atoms with Crippen molar-refractivity contribution in [2.75, 3.05) is 28.1 Å². The van der Waals surface area contributed by atoms with E-state index in [1.165, 1.54) is 27.4 Å². The molecule has 0 aromatic carbocycles. The van der Waals surface area contributed by atoms with E-state index in [-0.39, 0.29) is 30.3 Å². The van der Waals surface area contributed by atoms with Crippen LogP contribution >= 0.6 is 31.0 Å². The van der Waals surface area contributed by atoms with Crippen molar-refractivity contribution in [1.82, 2.24) is 0 Å². The summed E-state index contributed by atoms with van der Waals surface area (Å²) in [6, 6.07) is 1.44. The Hall–Kier alpha value is -0.860. The van der Waals surface area contributed by atoms with Gasteiger partial charge in [0.25, 0.3) is 0 Å². The highest BCUT2D eigenvalue weighted by Crippen LogP contribution is 2.39. The molecular weight excluding hydrogens is 327 g/mol. The first-order valence-corrected chi connectivity index (χ1v) is 8.32. The third kappa shape index (κ3) is 4.92. The Morgan fingerprint density at radius 3 is 2.55 bits per heavy atom. The molecule has 10 heteroatoms. The maximum absolute atomic E-state index is 11.6. The van der Waals surface area contributed by atoms with E-state index in [9.17, 15) is 9.59 Å². The van der Waals surface area contributed by atoms with Crippen LogP contribution in [0.2, 0.25) is 0 Å². The van der Waals surface area contributed by atoms with Crippen LogP contribution in [0.15, 0.2) is 6.07 Å². The number of carbonyl (C=O) groups is 2. The van der Waals surface area contributed by atoms with Crippen LogP contribution in [-0.4, -0.2) is 40.1 Å². The van der Waals surface area contributed by atoms with E-state index in [4.69, 9.17) is 13.4 Å². The minimum absolute atomic E-state index is 0.121. The summed E-state index contributed by atoms with van der Waals surface area (Å²) in [7, 11) is 3.89. The molecule has 0 bridgehead atoms. The van der Waals surface area contributed by atoms with Crippen molar-refractivity contribution in [2.45, 2.75) is 0 Å². The van der Waals surface area contributed by atoms with Gasteiger partial charge in [-0.25, -0.2) is 9.59 Å². The lowest BCUT2D eigenvalue weighted by molar-refractivity contribution is 0.0598. The van der Waals surface area contributed by atoms with Gasteiger partial charge in [-0.05, 0) is 0 Å². The van der Waals surface area contributed by atoms with Crippen molar-refractivity contribution < 1.29 is 32.5 Å². The number of hydrogen-bond acceptors (Lipinski definition) is 9. The first kappa shape index (κ1) is 17.2. The molecule has 1 aromatic rings. The van der Waals surface area contributed by atoms with Gasteiger partial charge in [0, 0.05) is 13.2 Å². The second kappa shape index (κ2) is 9.15. The summed E-state index contributed by atoms with van der Waals surface area (Å²) in [5.41, 5.74) is 0. The van der Waals surface area contributed by atoms with Crippen molar-refractivity contribution >= 4 is 42.9 Å². The van der Waals surface area contributed by atoms with Gasteiger partial charge >= 0.3 is 11.9 Å². The lowest BCUT2D eigenvalue weighted by Crippen LogP contribution is -1.99. The highest BCUT2D eigenvalue weighted by atomic mass is 32.7. The van der Waals surface area contributed by atoms with Crippen molar-refractivity contribution in [3.8, 4) is 5.75 Å². The molecule has 0 radical (unpaired) electrons. The van der Waals surface area contributed by atoms with E-state index in [0.717, 1.165) is 23.0 Å². The van der Waals surface area contributed by atoms with Crippen LogP contribution in [-0.2, 0) is 18.4 Å². The standard InChI is InChI=1S/C10H13O7PS2/c1-13-5-16-20-18-17-6-4-7(9(11)14-2)19-8(6)10(12)15-3/h4,18H,5H2,1-3H3. The molecule has 0 aliphatic rings. The van der Waals surface area contributed by atoms with Crippen LogP contribution in [0.3, 0.4) is 0 Å². The predicted molar refractivity (Wildman–Crippen MR) is 76.5 cm³/mol. The zero-order valence-corrected chi connectivity index (χ0v) is 13.6. The van der Waals surface area contributed by atoms with E-state index >= 15 is 0 Å². The van der Waals surface area contributed by atoms with Crippen LogP contribution in [0.1, 0.15) is 19.3 Å². The Morgan fingerprint density at radius 1 is 1.25 bits per heavy atom. The van der Waals surface area contributed by atoms with Gasteiger partial charge in [0.05, 0.1) is 25.9 Å². The first-order chi connectivity index (χ1) is 9.63. The Labute approximate surface area is 125 Å². The highest BCUT2D eigenvalue weighted by Gasteiger charge is 2.22. The van der Waals surface area contributed by atoms with Crippen LogP contribution in [0.25, 0.3) is 0 Å². The molecule has 7 nitrogen and oxygen atoms in total. The molecule has 1 unspecified atom stereocenters.